The van der Waals surface area contributed by atoms with Crippen molar-refractivity contribution in [2.75, 3.05) is 0 Å². The number of hydrogen-bond acceptors (Lipinski definition) is 2. The van der Waals surface area contributed by atoms with Gasteiger partial charge < -0.3 is 0 Å². The van der Waals surface area contributed by atoms with Crippen molar-refractivity contribution in [1.82, 2.24) is 4.98 Å². The van der Waals surface area contributed by atoms with Gasteiger partial charge in [-0.15, -0.1) is 11.3 Å². The molecule has 2 heteroatoms. The van der Waals surface area contributed by atoms with Crippen LogP contribution in [0, 0.1) is 6.92 Å². The molecule has 0 unspecified atom stereocenters. The van der Waals surface area contributed by atoms with E-state index in [0.717, 1.165) is 5.69 Å². The highest BCUT2D eigenvalue weighted by Gasteiger charge is 1.96. The van der Waals surface area contributed by atoms with Crippen LogP contribution >= 0.6 is 11.3 Å². The Bertz CT molecular complexity index is 349. The lowest BCUT2D eigenvalue weighted by Crippen LogP contribution is -1.79. The Morgan fingerprint density at radius 1 is 1.00 bits per heavy atom. The number of nitrogens with zero attached hydrogens (tertiary/aromatic N) is 1. The summed E-state index contributed by atoms with van der Waals surface area (Å²) in [4.78, 5) is 5.52. The highest BCUT2D eigenvalue weighted by atomic mass is 32.1. The van der Waals surface area contributed by atoms with Crippen LogP contribution in [0.3, 0.4) is 0 Å². The SMILES string of the molecule is CC.CC.Cc1ccc(-c2cccs2)cn1. The van der Waals surface area contributed by atoms with Crippen molar-refractivity contribution in [3.63, 3.8) is 0 Å². The lowest BCUT2D eigenvalue weighted by atomic mass is 10.2. The van der Waals surface area contributed by atoms with Crippen LogP contribution in [0.15, 0.2) is 35.8 Å². The van der Waals surface area contributed by atoms with Gasteiger partial charge in [0.2, 0.25) is 0 Å². The molecule has 0 aliphatic heterocycles. The van der Waals surface area contributed by atoms with E-state index in [4.69, 9.17) is 0 Å². The Morgan fingerprint density at radius 3 is 2.12 bits per heavy atom. The molecule has 0 amide bonds. The Labute approximate surface area is 103 Å². The van der Waals surface area contributed by atoms with E-state index in [1.54, 1.807) is 11.3 Å². The van der Waals surface area contributed by atoms with Gasteiger partial charge in [0.05, 0.1) is 0 Å². The van der Waals surface area contributed by atoms with E-state index < -0.39 is 0 Å². The van der Waals surface area contributed by atoms with Gasteiger partial charge in [-0.25, -0.2) is 0 Å². The van der Waals surface area contributed by atoms with Gasteiger partial charge in [0.15, 0.2) is 0 Å². The minimum atomic E-state index is 1.07. The second kappa shape index (κ2) is 9.10. The number of rotatable bonds is 1. The number of aromatic nitrogens is 1. The second-order valence-electron chi connectivity index (χ2n) is 2.67. The maximum absolute atomic E-state index is 4.24. The molecule has 0 fully saturated rings. The molecule has 16 heavy (non-hydrogen) atoms. The highest BCUT2D eigenvalue weighted by Crippen LogP contribution is 2.23. The normalized spacial score (nSPS) is 8.31. The van der Waals surface area contributed by atoms with E-state index in [2.05, 4.69) is 28.6 Å². The maximum Gasteiger partial charge on any atom is 0.0373 e. The Hall–Kier alpha value is -1.15. The van der Waals surface area contributed by atoms with Gasteiger partial charge >= 0.3 is 0 Å². The molecule has 0 aromatic carbocycles. The molecule has 0 radical (unpaired) electrons. The molecular formula is C14H21NS. The van der Waals surface area contributed by atoms with E-state index in [0.29, 0.717) is 0 Å². The summed E-state index contributed by atoms with van der Waals surface area (Å²) in [7, 11) is 0. The van der Waals surface area contributed by atoms with Crippen LogP contribution in [0.5, 0.6) is 0 Å². The monoisotopic (exact) mass is 235 g/mol. The van der Waals surface area contributed by atoms with Crippen molar-refractivity contribution >= 4 is 11.3 Å². The Kier molecular flexibility index (Phi) is 8.45. The molecule has 0 bridgehead atoms. The summed E-state index contributed by atoms with van der Waals surface area (Å²) in [6, 6.07) is 8.31. The molecule has 2 aromatic rings. The topological polar surface area (TPSA) is 12.9 Å². The summed E-state index contributed by atoms with van der Waals surface area (Å²) < 4.78 is 0. The summed E-state index contributed by atoms with van der Waals surface area (Å²) in [5.74, 6) is 0. The summed E-state index contributed by atoms with van der Waals surface area (Å²) in [6.07, 6.45) is 1.92. The third kappa shape index (κ3) is 4.58. The second-order valence-corrected chi connectivity index (χ2v) is 3.61. The number of aryl methyl sites for hydroxylation is 1. The smallest absolute Gasteiger partial charge is 0.0373 e. The Morgan fingerprint density at radius 2 is 1.69 bits per heavy atom. The van der Waals surface area contributed by atoms with E-state index in [1.165, 1.54) is 10.4 Å². The number of thiophene rings is 1. The van der Waals surface area contributed by atoms with Gasteiger partial charge in [-0.1, -0.05) is 39.8 Å². The van der Waals surface area contributed by atoms with Crippen LogP contribution in [0.25, 0.3) is 10.4 Å². The minimum absolute atomic E-state index is 1.07. The fourth-order valence-electron chi connectivity index (χ4n) is 1.06. The van der Waals surface area contributed by atoms with Crippen molar-refractivity contribution in [1.29, 1.82) is 0 Å². The summed E-state index contributed by atoms with van der Waals surface area (Å²) >= 11 is 1.74. The number of hydrogen-bond donors (Lipinski definition) is 0. The average molecular weight is 235 g/mol. The summed E-state index contributed by atoms with van der Waals surface area (Å²) in [5.41, 5.74) is 2.27. The predicted octanol–water partition coefficient (Wildman–Crippen LogP) is 5.17. The van der Waals surface area contributed by atoms with Crippen molar-refractivity contribution in [3.05, 3.63) is 41.5 Å². The molecule has 1 nitrogen and oxygen atoms in total. The fourth-order valence-corrected chi connectivity index (χ4v) is 1.77. The molecule has 0 aliphatic rings. The molecule has 2 aromatic heterocycles. The van der Waals surface area contributed by atoms with Gasteiger partial charge in [0, 0.05) is 22.3 Å². The number of pyridine rings is 1. The average Bonchev–Trinajstić information content (AvgIpc) is 2.89. The molecular weight excluding hydrogens is 214 g/mol. The highest BCUT2D eigenvalue weighted by molar-refractivity contribution is 7.13. The van der Waals surface area contributed by atoms with Gasteiger partial charge in [-0.05, 0) is 24.4 Å². The van der Waals surface area contributed by atoms with Crippen molar-refractivity contribution in [2.45, 2.75) is 34.6 Å². The van der Waals surface area contributed by atoms with Crippen LogP contribution in [-0.2, 0) is 0 Å². The first-order chi connectivity index (χ1) is 7.86. The van der Waals surface area contributed by atoms with Gasteiger partial charge in [-0.2, -0.15) is 0 Å². The van der Waals surface area contributed by atoms with Crippen LogP contribution in [0.2, 0.25) is 0 Å². The molecule has 0 spiro atoms. The molecule has 0 atom stereocenters. The van der Waals surface area contributed by atoms with Crippen LogP contribution in [0.1, 0.15) is 33.4 Å². The maximum atomic E-state index is 4.24. The first kappa shape index (κ1) is 14.8. The van der Waals surface area contributed by atoms with Crippen LogP contribution < -0.4 is 0 Å². The third-order valence-corrected chi connectivity index (χ3v) is 2.64. The molecule has 2 rings (SSSR count). The summed E-state index contributed by atoms with van der Waals surface area (Å²) in [6.45, 7) is 10.00. The van der Waals surface area contributed by atoms with Crippen molar-refractivity contribution < 1.29 is 0 Å². The lowest BCUT2D eigenvalue weighted by molar-refractivity contribution is 1.20. The Balaban J connectivity index is 0.000000509. The zero-order valence-corrected chi connectivity index (χ0v) is 11.6. The van der Waals surface area contributed by atoms with Crippen molar-refractivity contribution in [2.24, 2.45) is 0 Å². The van der Waals surface area contributed by atoms with Crippen LogP contribution in [-0.4, -0.2) is 4.98 Å². The first-order valence-electron chi connectivity index (χ1n) is 5.83. The minimum Gasteiger partial charge on any atom is -0.261 e. The van der Waals surface area contributed by atoms with Gasteiger partial charge in [-0.3, -0.25) is 4.98 Å². The van der Waals surface area contributed by atoms with Crippen LogP contribution in [0.4, 0.5) is 0 Å². The molecule has 0 aliphatic carbocycles. The lowest BCUT2D eigenvalue weighted by Gasteiger charge is -1.95. The third-order valence-electron chi connectivity index (χ3n) is 1.72. The van der Waals surface area contributed by atoms with E-state index in [1.807, 2.05) is 46.9 Å². The van der Waals surface area contributed by atoms with Gasteiger partial charge in [0.25, 0.3) is 0 Å². The fraction of sp³-hybridized carbons (Fsp3) is 0.357. The predicted molar refractivity (Wildman–Crippen MR) is 75.0 cm³/mol. The van der Waals surface area contributed by atoms with E-state index >= 15 is 0 Å². The molecule has 0 saturated heterocycles. The summed E-state index contributed by atoms with van der Waals surface area (Å²) in [5, 5.41) is 2.08. The van der Waals surface area contributed by atoms with E-state index in [-0.39, 0.29) is 0 Å². The van der Waals surface area contributed by atoms with Gasteiger partial charge in [0.1, 0.15) is 0 Å². The van der Waals surface area contributed by atoms with Crippen molar-refractivity contribution in [3.8, 4) is 10.4 Å². The standard InChI is InChI=1S/C10H9NS.2C2H6/c1-8-4-5-9(7-11-8)10-3-2-6-12-10;2*1-2/h2-7H,1H3;2*1-2H3. The quantitative estimate of drug-likeness (QED) is 0.664. The zero-order valence-electron chi connectivity index (χ0n) is 10.8. The molecule has 0 saturated carbocycles. The molecule has 88 valence electrons. The zero-order chi connectivity index (χ0) is 12.4. The molecule has 2 heterocycles. The van der Waals surface area contributed by atoms with E-state index in [9.17, 15) is 0 Å². The largest absolute Gasteiger partial charge is 0.261 e. The molecule has 0 N–H and O–H groups in total. The first-order valence-corrected chi connectivity index (χ1v) is 6.71.